The molecule has 2 aromatic rings. The topological polar surface area (TPSA) is 82.5 Å². The number of aromatic nitrogens is 3. The van der Waals surface area contributed by atoms with E-state index < -0.39 is 17.3 Å². The van der Waals surface area contributed by atoms with Crippen molar-refractivity contribution in [2.24, 2.45) is 11.3 Å². The average molecular weight is 407 g/mol. The molecule has 2 aromatic heterocycles. The van der Waals surface area contributed by atoms with Gasteiger partial charge in [0.1, 0.15) is 5.69 Å². The fraction of sp³-hybridized carbons (Fsp3) is 0.474. The molecule has 0 aromatic carbocycles. The lowest BCUT2D eigenvalue weighted by atomic mass is 9.82. The van der Waals surface area contributed by atoms with Crippen LogP contribution in [0, 0.1) is 11.3 Å². The molecule has 0 bridgehead atoms. The van der Waals surface area contributed by atoms with Crippen LogP contribution in [0.1, 0.15) is 11.3 Å². The second-order valence-corrected chi connectivity index (χ2v) is 7.65. The van der Waals surface area contributed by atoms with E-state index in [0.717, 1.165) is 17.8 Å². The van der Waals surface area contributed by atoms with Crippen molar-refractivity contribution in [3.8, 4) is 0 Å². The molecule has 1 N–H and O–H groups in total. The summed E-state index contributed by atoms with van der Waals surface area (Å²) in [5.74, 6) is -0.124. The van der Waals surface area contributed by atoms with E-state index in [-0.39, 0.29) is 30.8 Å². The number of hydrogen-bond acceptors (Lipinski definition) is 6. The van der Waals surface area contributed by atoms with Crippen LogP contribution in [-0.4, -0.2) is 63.7 Å². The zero-order valence-electron chi connectivity index (χ0n) is 15.5. The van der Waals surface area contributed by atoms with Crippen molar-refractivity contribution in [2.45, 2.75) is 12.6 Å². The fourth-order valence-corrected chi connectivity index (χ4v) is 4.19. The molecule has 4 rings (SSSR count). The molecule has 0 spiro atoms. The number of carbonyl (C=O) groups is 1. The van der Waals surface area contributed by atoms with Crippen molar-refractivity contribution >= 4 is 11.9 Å². The SMILES string of the molecule is O=C(Cc1cccnc1)N1CC2CN(c3nccc(C(F)(F)F)n3)CC2(CO)C1. The molecule has 0 radical (unpaired) electrons. The molecule has 2 aliphatic rings. The first-order chi connectivity index (χ1) is 13.8. The first kappa shape index (κ1) is 19.6. The summed E-state index contributed by atoms with van der Waals surface area (Å²) in [6.45, 7) is 1.31. The number of likely N-dealkylation sites (tertiary alicyclic amines) is 1. The molecule has 0 saturated carbocycles. The number of rotatable bonds is 4. The minimum atomic E-state index is -4.54. The summed E-state index contributed by atoms with van der Waals surface area (Å²) in [5.41, 5.74) is -0.778. The van der Waals surface area contributed by atoms with Crippen LogP contribution >= 0.6 is 0 Å². The maximum absolute atomic E-state index is 12.9. The monoisotopic (exact) mass is 407 g/mol. The Hall–Kier alpha value is -2.75. The molecule has 154 valence electrons. The Morgan fingerprint density at radius 2 is 2.07 bits per heavy atom. The van der Waals surface area contributed by atoms with Crippen LogP contribution < -0.4 is 4.90 Å². The van der Waals surface area contributed by atoms with Crippen molar-refractivity contribution in [1.82, 2.24) is 19.9 Å². The van der Waals surface area contributed by atoms with Gasteiger partial charge in [-0.15, -0.1) is 0 Å². The van der Waals surface area contributed by atoms with Crippen LogP contribution in [0.15, 0.2) is 36.8 Å². The predicted octanol–water partition coefficient (Wildman–Crippen LogP) is 1.39. The quantitative estimate of drug-likeness (QED) is 0.825. The minimum absolute atomic E-state index is 0.00436. The van der Waals surface area contributed by atoms with Crippen molar-refractivity contribution in [3.63, 3.8) is 0 Å². The highest BCUT2D eigenvalue weighted by Crippen LogP contribution is 2.43. The van der Waals surface area contributed by atoms with Crippen molar-refractivity contribution in [2.75, 3.05) is 37.7 Å². The Bertz CT molecular complexity index is 895. The molecule has 4 heterocycles. The molecule has 2 atom stereocenters. The van der Waals surface area contributed by atoms with Gasteiger partial charge in [0.25, 0.3) is 0 Å². The van der Waals surface area contributed by atoms with Gasteiger partial charge in [0.15, 0.2) is 0 Å². The molecule has 2 fully saturated rings. The number of nitrogens with zero attached hydrogens (tertiary/aromatic N) is 5. The van der Waals surface area contributed by atoms with Crippen molar-refractivity contribution in [3.05, 3.63) is 48.0 Å². The van der Waals surface area contributed by atoms with Crippen LogP contribution in [0.2, 0.25) is 0 Å². The Morgan fingerprint density at radius 1 is 1.24 bits per heavy atom. The van der Waals surface area contributed by atoms with E-state index in [4.69, 9.17) is 0 Å². The van der Waals surface area contributed by atoms with Gasteiger partial charge in [-0.1, -0.05) is 6.07 Å². The van der Waals surface area contributed by atoms with Crippen molar-refractivity contribution in [1.29, 1.82) is 0 Å². The molecule has 2 unspecified atom stereocenters. The van der Waals surface area contributed by atoms with Gasteiger partial charge in [-0.25, -0.2) is 9.97 Å². The van der Waals surface area contributed by atoms with Crippen LogP contribution in [0.5, 0.6) is 0 Å². The lowest BCUT2D eigenvalue weighted by Crippen LogP contribution is -2.39. The number of anilines is 1. The summed E-state index contributed by atoms with van der Waals surface area (Å²) in [4.78, 5) is 27.7. The molecule has 0 aliphatic carbocycles. The number of alkyl halides is 3. The normalized spacial score (nSPS) is 24.1. The fourth-order valence-electron chi connectivity index (χ4n) is 4.19. The number of fused-ring (bicyclic) bond motifs is 1. The third kappa shape index (κ3) is 3.76. The summed E-state index contributed by atoms with van der Waals surface area (Å²) >= 11 is 0. The summed E-state index contributed by atoms with van der Waals surface area (Å²) in [5, 5.41) is 10.1. The summed E-state index contributed by atoms with van der Waals surface area (Å²) in [6.07, 6.45) is 0.0529. The second-order valence-electron chi connectivity index (χ2n) is 7.65. The molecule has 29 heavy (non-hydrogen) atoms. The van der Waals surface area contributed by atoms with Gasteiger partial charge in [0, 0.05) is 56.1 Å². The Labute approximate surface area is 165 Å². The maximum atomic E-state index is 12.9. The number of aliphatic hydroxyl groups is 1. The van der Waals surface area contributed by atoms with E-state index in [1.807, 2.05) is 6.07 Å². The minimum Gasteiger partial charge on any atom is -0.396 e. The molecule has 10 heteroatoms. The lowest BCUT2D eigenvalue weighted by Gasteiger charge is -2.27. The number of hydrogen-bond donors (Lipinski definition) is 1. The molecule has 2 aliphatic heterocycles. The van der Waals surface area contributed by atoms with Gasteiger partial charge in [0.05, 0.1) is 13.0 Å². The van der Waals surface area contributed by atoms with Crippen LogP contribution in [0.4, 0.5) is 19.1 Å². The van der Waals surface area contributed by atoms with Crippen LogP contribution in [0.3, 0.4) is 0 Å². The van der Waals surface area contributed by atoms with Gasteiger partial charge in [-0.2, -0.15) is 13.2 Å². The van der Waals surface area contributed by atoms with Crippen molar-refractivity contribution < 1.29 is 23.1 Å². The highest BCUT2D eigenvalue weighted by atomic mass is 19.4. The van der Waals surface area contributed by atoms with E-state index in [0.29, 0.717) is 26.2 Å². The van der Waals surface area contributed by atoms with Gasteiger partial charge in [-0.3, -0.25) is 9.78 Å². The smallest absolute Gasteiger partial charge is 0.396 e. The van der Waals surface area contributed by atoms with E-state index in [1.165, 1.54) is 0 Å². The van der Waals surface area contributed by atoms with Gasteiger partial charge < -0.3 is 14.9 Å². The van der Waals surface area contributed by atoms with Crippen LogP contribution in [-0.2, 0) is 17.4 Å². The molecule has 2 saturated heterocycles. The predicted molar refractivity (Wildman–Crippen MR) is 96.8 cm³/mol. The molecule has 1 amide bonds. The lowest BCUT2D eigenvalue weighted by molar-refractivity contribution is -0.141. The average Bonchev–Trinajstić information content (AvgIpc) is 3.23. The van der Waals surface area contributed by atoms with Gasteiger partial charge in [0.2, 0.25) is 11.9 Å². The first-order valence-corrected chi connectivity index (χ1v) is 9.23. The third-order valence-corrected chi connectivity index (χ3v) is 5.72. The second kappa shape index (κ2) is 7.25. The third-order valence-electron chi connectivity index (χ3n) is 5.72. The van der Waals surface area contributed by atoms with E-state index in [2.05, 4.69) is 15.0 Å². The number of aliphatic hydroxyl groups excluding tert-OH is 1. The highest BCUT2D eigenvalue weighted by molar-refractivity contribution is 5.79. The van der Waals surface area contributed by atoms with Gasteiger partial charge >= 0.3 is 6.18 Å². The Balaban J connectivity index is 1.47. The largest absolute Gasteiger partial charge is 0.433 e. The summed E-state index contributed by atoms with van der Waals surface area (Å²) < 4.78 is 38.8. The van der Waals surface area contributed by atoms with E-state index in [9.17, 15) is 23.1 Å². The number of halogens is 3. The zero-order valence-corrected chi connectivity index (χ0v) is 15.5. The molecular weight excluding hydrogens is 387 g/mol. The summed E-state index contributed by atoms with van der Waals surface area (Å²) in [6, 6.07) is 4.43. The highest BCUT2D eigenvalue weighted by Gasteiger charge is 2.53. The first-order valence-electron chi connectivity index (χ1n) is 9.23. The van der Waals surface area contributed by atoms with Crippen LogP contribution in [0.25, 0.3) is 0 Å². The Morgan fingerprint density at radius 3 is 2.72 bits per heavy atom. The standard InChI is InChI=1S/C19H20F3N5O2/c20-19(21,22)15-3-5-24-17(25-15)27-9-14-8-26(10-18(14,11-27)12-28)16(29)6-13-2-1-4-23-7-13/h1-5,7,14,28H,6,8-12H2. The summed E-state index contributed by atoms with van der Waals surface area (Å²) in [7, 11) is 0. The number of pyridine rings is 1. The van der Waals surface area contributed by atoms with E-state index in [1.54, 1.807) is 28.3 Å². The molecule has 7 nitrogen and oxygen atoms in total. The van der Waals surface area contributed by atoms with Gasteiger partial charge in [-0.05, 0) is 17.7 Å². The zero-order chi connectivity index (χ0) is 20.6. The number of carbonyl (C=O) groups excluding carboxylic acids is 1. The number of amides is 1. The Kier molecular flexibility index (Phi) is 4.89. The maximum Gasteiger partial charge on any atom is 0.433 e. The molecular formula is C19H20F3N5O2. The van der Waals surface area contributed by atoms with E-state index >= 15 is 0 Å².